The molecule has 1 saturated carbocycles. The zero-order valence-electron chi connectivity index (χ0n) is 10.3. The molecule has 0 spiro atoms. The molecule has 16 heavy (non-hydrogen) atoms. The average molecular weight is 222 g/mol. The van der Waals surface area contributed by atoms with Crippen molar-refractivity contribution in [2.45, 2.75) is 44.3 Å². The van der Waals surface area contributed by atoms with Crippen molar-refractivity contribution in [1.29, 1.82) is 0 Å². The van der Waals surface area contributed by atoms with Crippen LogP contribution in [-0.2, 0) is 13.6 Å². The second kappa shape index (κ2) is 4.97. The summed E-state index contributed by atoms with van der Waals surface area (Å²) in [7, 11) is 4.24. The molecule has 90 valence electrons. The highest BCUT2D eigenvalue weighted by Gasteiger charge is 2.22. The Bertz CT molecular complexity index is 326. The van der Waals surface area contributed by atoms with Gasteiger partial charge in [0.1, 0.15) is 5.82 Å². The third kappa shape index (κ3) is 2.62. The van der Waals surface area contributed by atoms with Crippen LogP contribution in [0.25, 0.3) is 0 Å². The molecule has 1 aromatic rings. The van der Waals surface area contributed by atoms with Gasteiger partial charge in [-0.1, -0.05) is 0 Å². The minimum Gasteiger partial charge on any atom is -0.337 e. The first-order valence-corrected chi connectivity index (χ1v) is 6.09. The summed E-state index contributed by atoms with van der Waals surface area (Å²) in [6.45, 7) is 0.934. The predicted octanol–water partition coefficient (Wildman–Crippen LogP) is 1.12. The summed E-state index contributed by atoms with van der Waals surface area (Å²) in [5.41, 5.74) is 5.92. The number of hydrogen-bond donors (Lipinski definition) is 1. The number of nitrogens with two attached hydrogens (primary N) is 1. The molecule has 0 saturated heterocycles. The summed E-state index contributed by atoms with van der Waals surface area (Å²) in [6, 6.07) is 1.11. The standard InChI is InChI=1S/C12H22N4/c1-15-8-7-14-12(15)9-16(2)11-5-3-10(13)4-6-11/h7-8,10-11H,3-6,9,13H2,1-2H3. The lowest BCUT2D eigenvalue weighted by atomic mass is 9.91. The Morgan fingerprint density at radius 2 is 2.12 bits per heavy atom. The highest BCUT2D eigenvalue weighted by Crippen LogP contribution is 2.22. The number of nitrogens with zero attached hydrogens (tertiary/aromatic N) is 3. The molecule has 4 heteroatoms. The number of aryl methyl sites for hydroxylation is 1. The lowest BCUT2D eigenvalue weighted by molar-refractivity contribution is 0.171. The van der Waals surface area contributed by atoms with Gasteiger partial charge in [0.15, 0.2) is 0 Å². The highest BCUT2D eigenvalue weighted by atomic mass is 15.2. The van der Waals surface area contributed by atoms with Crippen LogP contribution in [0.3, 0.4) is 0 Å². The van der Waals surface area contributed by atoms with E-state index in [0.717, 1.165) is 25.2 Å². The fraction of sp³-hybridized carbons (Fsp3) is 0.750. The first kappa shape index (κ1) is 11.6. The molecular weight excluding hydrogens is 200 g/mol. The third-order valence-corrected chi connectivity index (χ3v) is 3.68. The van der Waals surface area contributed by atoms with E-state index >= 15 is 0 Å². The number of rotatable bonds is 3. The summed E-state index contributed by atoms with van der Waals surface area (Å²) in [5.74, 6) is 1.14. The molecule has 0 aromatic carbocycles. The van der Waals surface area contributed by atoms with Crippen LogP contribution < -0.4 is 5.73 Å². The predicted molar refractivity (Wildman–Crippen MR) is 64.9 cm³/mol. The molecular formula is C12H22N4. The van der Waals surface area contributed by atoms with Gasteiger partial charge in [-0.25, -0.2) is 4.98 Å². The minimum absolute atomic E-state index is 0.429. The van der Waals surface area contributed by atoms with Crippen molar-refractivity contribution in [1.82, 2.24) is 14.5 Å². The summed E-state index contributed by atoms with van der Waals surface area (Å²) in [5, 5.41) is 0. The van der Waals surface area contributed by atoms with Crippen molar-refractivity contribution in [2.75, 3.05) is 7.05 Å². The molecule has 0 atom stereocenters. The first-order valence-electron chi connectivity index (χ1n) is 6.09. The molecule has 0 aliphatic heterocycles. The molecule has 1 fully saturated rings. The average Bonchev–Trinajstić information content (AvgIpc) is 2.65. The molecule has 0 radical (unpaired) electrons. The van der Waals surface area contributed by atoms with E-state index in [1.165, 1.54) is 12.8 Å². The van der Waals surface area contributed by atoms with Crippen LogP contribution in [0.4, 0.5) is 0 Å². The molecule has 2 rings (SSSR count). The lowest BCUT2D eigenvalue weighted by Gasteiger charge is -2.33. The van der Waals surface area contributed by atoms with E-state index in [1.807, 2.05) is 19.4 Å². The Kier molecular flexibility index (Phi) is 3.61. The van der Waals surface area contributed by atoms with E-state index in [2.05, 4.69) is 21.5 Å². The topological polar surface area (TPSA) is 47.1 Å². The van der Waals surface area contributed by atoms with Gasteiger partial charge in [0.05, 0.1) is 6.54 Å². The Balaban J connectivity index is 1.88. The van der Waals surface area contributed by atoms with Gasteiger partial charge in [-0.05, 0) is 32.7 Å². The molecule has 1 aliphatic carbocycles. The summed E-state index contributed by atoms with van der Waals surface area (Å²) in [6.07, 6.45) is 8.63. The van der Waals surface area contributed by atoms with Crippen molar-refractivity contribution >= 4 is 0 Å². The summed E-state index contributed by atoms with van der Waals surface area (Å²) >= 11 is 0. The number of imidazole rings is 1. The molecule has 0 unspecified atom stereocenters. The van der Waals surface area contributed by atoms with Crippen LogP contribution in [0.15, 0.2) is 12.4 Å². The van der Waals surface area contributed by atoms with Gasteiger partial charge in [0.25, 0.3) is 0 Å². The van der Waals surface area contributed by atoms with E-state index in [0.29, 0.717) is 12.1 Å². The fourth-order valence-corrected chi connectivity index (χ4v) is 2.44. The van der Waals surface area contributed by atoms with Crippen LogP contribution in [-0.4, -0.2) is 33.6 Å². The van der Waals surface area contributed by atoms with Crippen LogP contribution in [0.1, 0.15) is 31.5 Å². The fourth-order valence-electron chi connectivity index (χ4n) is 2.44. The molecule has 1 heterocycles. The van der Waals surface area contributed by atoms with Crippen molar-refractivity contribution in [3.05, 3.63) is 18.2 Å². The van der Waals surface area contributed by atoms with E-state index in [-0.39, 0.29) is 0 Å². The van der Waals surface area contributed by atoms with Gasteiger partial charge in [0.2, 0.25) is 0 Å². The molecule has 1 aliphatic rings. The van der Waals surface area contributed by atoms with Crippen LogP contribution in [0.2, 0.25) is 0 Å². The SMILES string of the molecule is CN(Cc1nccn1C)C1CCC(N)CC1. The highest BCUT2D eigenvalue weighted by molar-refractivity contribution is 4.92. The monoisotopic (exact) mass is 222 g/mol. The smallest absolute Gasteiger partial charge is 0.122 e. The third-order valence-electron chi connectivity index (χ3n) is 3.68. The van der Waals surface area contributed by atoms with E-state index in [4.69, 9.17) is 5.73 Å². The second-order valence-electron chi connectivity index (χ2n) is 4.94. The van der Waals surface area contributed by atoms with Crippen LogP contribution >= 0.6 is 0 Å². The van der Waals surface area contributed by atoms with Crippen molar-refractivity contribution in [3.63, 3.8) is 0 Å². The maximum Gasteiger partial charge on any atom is 0.122 e. The van der Waals surface area contributed by atoms with E-state index < -0.39 is 0 Å². The summed E-state index contributed by atoms with van der Waals surface area (Å²) in [4.78, 5) is 6.77. The van der Waals surface area contributed by atoms with Gasteiger partial charge in [-0.2, -0.15) is 0 Å². The van der Waals surface area contributed by atoms with Gasteiger partial charge in [-0.15, -0.1) is 0 Å². The number of aromatic nitrogens is 2. The van der Waals surface area contributed by atoms with Crippen molar-refractivity contribution in [3.8, 4) is 0 Å². The first-order chi connectivity index (χ1) is 7.66. The lowest BCUT2D eigenvalue weighted by Crippen LogP contribution is -2.38. The minimum atomic E-state index is 0.429. The van der Waals surface area contributed by atoms with Gasteiger partial charge < -0.3 is 10.3 Å². The molecule has 1 aromatic heterocycles. The summed E-state index contributed by atoms with van der Waals surface area (Å²) < 4.78 is 2.09. The van der Waals surface area contributed by atoms with Gasteiger partial charge in [0, 0.05) is 31.5 Å². The second-order valence-corrected chi connectivity index (χ2v) is 4.94. The van der Waals surface area contributed by atoms with Gasteiger partial charge in [-0.3, -0.25) is 4.90 Å². The largest absolute Gasteiger partial charge is 0.337 e. The Hall–Kier alpha value is -0.870. The van der Waals surface area contributed by atoms with Crippen LogP contribution in [0, 0.1) is 0 Å². The normalized spacial score (nSPS) is 26.2. The zero-order chi connectivity index (χ0) is 11.5. The molecule has 4 nitrogen and oxygen atoms in total. The zero-order valence-corrected chi connectivity index (χ0v) is 10.3. The molecule has 2 N–H and O–H groups in total. The van der Waals surface area contributed by atoms with Crippen molar-refractivity contribution in [2.24, 2.45) is 12.8 Å². The number of hydrogen-bond acceptors (Lipinski definition) is 3. The van der Waals surface area contributed by atoms with Crippen molar-refractivity contribution < 1.29 is 0 Å². The van der Waals surface area contributed by atoms with Crippen LogP contribution in [0.5, 0.6) is 0 Å². The Labute approximate surface area is 97.4 Å². The molecule has 0 amide bonds. The van der Waals surface area contributed by atoms with Gasteiger partial charge >= 0.3 is 0 Å². The maximum atomic E-state index is 5.92. The quantitative estimate of drug-likeness (QED) is 0.833. The Morgan fingerprint density at radius 3 is 2.69 bits per heavy atom. The Morgan fingerprint density at radius 1 is 1.44 bits per heavy atom. The molecule has 0 bridgehead atoms. The van der Waals surface area contributed by atoms with E-state index in [9.17, 15) is 0 Å². The van der Waals surface area contributed by atoms with E-state index in [1.54, 1.807) is 0 Å². The maximum absolute atomic E-state index is 5.92.